The Labute approximate surface area is 172 Å². The normalized spacial score (nSPS) is 25.5. The molecule has 154 valence electrons. The molecule has 1 aromatic heterocycles. The number of nitro groups is 1. The lowest BCUT2D eigenvalue weighted by Gasteiger charge is -2.32. The van der Waals surface area contributed by atoms with E-state index in [-0.39, 0.29) is 11.7 Å². The van der Waals surface area contributed by atoms with Crippen LogP contribution in [0.25, 0.3) is 11.3 Å². The van der Waals surface area contributed by atoms with Gasteiger partial charge in [0.05, 0.1) is 5.69 Å². The Balaban J connectivity index is 1.26. The number of hydrogen-bond donors (Lipinski definition) is 0. The predicted molar refractivity (Wildman–Crippen MR) is 108 cm³/mol. The Bertz CT molecular complexity index is 1080. The molecule has 1 saturated heterocycles. The molecule has 9 heteroatoms. The van der Waals surface area contributed by atoms with Crippen molar-refractivity contribution in [3.63, 3.8) is 0 Å². The molecule has 1 unspecified atom stereocenters. The standard InChI is InChI=1S/C21H21FN5O3/c1-21(13-26-11-19(27(28)29)24-20(26)30-21)12-25-9-8-18-15(10-25)4-7-17(23-18)14-2-5-16(22)6-3-14/h2-7,11,20H,8-10,12-13H2,1H3/q+1/t20?,21-/m0/s1. The fourth-order valence-corrected chi connectivity index (χ4v) is 4.37. The monoisotopic (exact) mass is 410 g/mol. The van der Waals surface area contributed by atoms with E-state index in [1.54, 1.807) is 16.7 Å². The van der Waals surface area contributed by atoms with Gasteiger partial charge in [0.1, 0.15) is 11.4 Å². The first kappa shape index (κ1) is 19.0. The Morgan fingerprint density at radius 3 is 2.87 bits per heavy atom. The lowest BCUT2D eigenvalue weighted by atomic mass is 10.0. The summed E-state index contributed by atoms with van der Waals surface area (Å²) in [5.41, 5.74) is 3.55. The van der Waals surface area contributed by atoms with Crippen molar-refractivity contribution >= 4 is 12.1 Å². The van der Waals surface area contributed by atoms with Gasteiger partial charge in [-0.2, -0.15) is 4.58 Å². The van der Waals surface area contributed by atoms with E-state index in [4.69, 9.17) is 9.72 Å². The molecule has 8 nitrogen and oxygen atoms in total. The van der Waals surface area contributed by atoms with E-state index in [1.165, 1.54) is 23.9 Å². The van der Waals surface area contributed by atoms with Crippen LogP contribution in [-0.4, -0.2) is 63.0 Å². The van der Waals surface area contributed by atoms with Gasteiger partial charge in [-0.15, -0.1) is 0 Å². The van der Waals surface area contributed by atoms with Gasteiger partial charge >= 0.3 is 12.2 Å². The summed E-state index contributed by atoms with van der Waals surface area (Å²) in [6, 6.07) is 10.4. The summed E-state index contributed by atoms with van der Waals surface area (Å²) in [6.45, 7) is 4.90. The highest BCUT2D eigenvalue weighted by Gasteiger charge is 2.53. The van der Waals surface area contributed by atoms with Gasteiger partial charge in [0, 0.05) is 42.3 Å². The summed E-state index contributed by atoms with van der Waals surface area (Å²) < 4.78 is 21.0. The zero-order chi connectivity index (χ0) is 20.9. The summed E-state index contributed by atoms with van der Waals surface area (Å²) in [5, 5.41) is 10.9. The summed E-state index contributed by atoms with van der Waals surface area (Å²) in [5.74, 6) is -0.412. The molecule has 0 saturated carbocycles. The van der Waals surface area contributed by atoms with Gasteiger partial charge in [-0.05, 0) is 47.7 Å². The van der Waals surface area contributed by atoms with Crippen molar-refractivity contribution in [2.45, 2.75) is 31.8 Å². The summed E-state index contributed by atoms with van der Waals surface area (Å²) >= 11 is 0. The van der Waals surface area contributed by atoms with E-state index < -0.39 is 16.9 Å². The minimum atomic E-state index is -0.604. The van der Waals surface area contributed by atoms with Gasteiger partial charge in [0.15, 0.2) is 6.54 Å². The minimum Gasteiger partial charge on any atom is -0.358 e. The molecule has 0 bridgehead atoms. The zero-order valence-electron chi connectivity index (χ0n) is 16.5. The molecule has 0 aliphatic carbocycles. The molecule has 2 atom stereocenters. The SMILES string of the molecule is C[C@]1(CN2CCc3nc(-c4ccc(F)cc4)ccc3C2)C[N+]2=CC([N+](=O)[O-])=NC2O1. The molecule has 0 N–H and O–H groups in total. The van der Waals surface area contributed by atoms with Crippen LogP contribution in [0, 0.1) is 15.9 Å². The van der Waals surface area contributed by atoms with Gasteiger partial charge in [-0.1, -0.05) is 6.07 Å². The molecule has 4 heterocycles. The molecule has 1 fully saturated rings. The van der Waals surface area contributed by atoms with Crippen molar-refractivity contribution in [1.29, 1.82) is 0 Å². The topological polar surface area (TPSA) is 83.9 Å². The number of pyridine rings is 1. The highest BCUT2D eigenvalue weighted by atomic mass is 19.1. The number of hydrogen-bond acceptors (Lipinski definition) is 6. The molecule has 30 heavy (non-hydrogen) atoms. The first-order chi connectivity index (χ1) is 14.4. The van der Waals surface area contributed by atoms with Crippen LogP contribution >= 0.6 is 0 Å². The number of ether oxygens (including phenoxy) is 1. The van der Waals surface area contributed by atoms with Gasteiger partial charge < -0.3 is 10.1 Å². The van der Waals surface area contributed by atoms with Crippen LogP contribution in [0.2, 0.25) is 0 Å². The van der Waals surface area contributed by atoms with Crippen molar-refractivity contribution in [3.05, 3.63) is 63.6 Å². The molecule has 5 rings (SSSR count). The maximum absolute atomic E-state index is 13.2. The fraction of sp³-hybridized carbons (Fsp3) is 0.381. The second-order valence-electron chi connectivity index (χ2n) is 8.21. The Kier molecular flexibility index (Phi) is 4.44. The van der Waals surface area contributed by atoms with Gasteiger partial charge in [-0.25, -0.2) is 4.39 Å². The van der Waals surface area contributed by atoms with E-state index in [1.807, 2.05) is 13.0 Å². The van der Waals surface area contributed by atoms with Gasteiger partial charge in [0.2, 0.25) is 0 Å². The Morgan fingerprint density at radius 2 is 2.13 bits per heavy atom. The summed E-state index contributed by atoms with van der Waals surface area (Å²) in [4.78, 5) is 21.5. The van der Waals surface area contributed by atoms with Crippen molar-refractivity contribution in [3.8, 4) is 11.3 Å². The molecule has 1 aromatic carbocycles. The number of fused-ring (bicyclic) bond motifs is 2. The summed E-state index contributed by atoms with van der Waals surface area (Å²) in [7, 11) is 0. The number of benzene rings is 1. The van der Waals surface area contributed by atoms with E-state index >= 15 is 0 Å². The molecular weight excluding hydrogens is 389 g/mol. The molecular formula is C21H21FN5O3+. The molecule has 0 radical (unpaired) electrons. The van der Waals surface area contributed by atoms with E-state index in [0.717, 1.165) is 36.5 Å². The lowest BCUT2D eigenvalue weighted by Crippen LogP contribution is -2.45. The first-order valence-corrected chi connectivity index (χ1v) is 9.86. The van der Waals surface area contributed by atoms with Crippen LogP contribution < -0.4 is 0 Å². The van der Waals surface area contributed by atoms with Crippen molar-refractivity contribution in [2.24, 2.45) is 4.99 Å². The number of nitrogens with zero attached hydrogens (tertiary/aromatic N) is 5. The number of aromatic nitrogens is 1. The Morgan fingerprint density at radius 1 is 1.33 bits per heavy atom. The number of aliphatic imine (C=N–C) groups is 1. The average Bonchev–Trinajstić information content (AvgIpc) is 3.23. The quantitative estimate of drug-likeness (QED) is 0.440. The second kappa shape index (κ2) is 7.03. The first-order valence-electron chi connectivity index (χ1n) is 9.86. The van der Waals surface area contributed by atoms with Crippen LogP contribution in [0.15, 0.2) is 41.4 Å². The van der Waals surface area contributed by atoms with Gasteiger partial charge in [-0.3, -0.25) is 14.6 Å². The van der Waals surface area contributed by atoms with Crippen LogP contribution in [-0.2, 0) is 17.7 Å². The third-order valence-corrected chi connectivity index (χ3v) is 5.73. The lowest BCUT2D eigenvalue weighted by molar-refractivity contribution is -0.558. The van der Waals surface area contributed by atoms with Crippen LogP contribution in [0.4, 0.5) is 4.39 Å². The maximum Gasteiger partial charge on any atom is 0.448 e. The highest BCUT2D eigenvalue weighted by Crippen LogP contribution is 2.29. The maximum atomic E-state index is 13.2. The second-order valence-corrected chi connectivity index (χ2v) is 8.21. The fourth-order valence-electron chi connectivity index (χ4n) is 4.37. The molecule has 2 aromatic rings. The van der Waals surface area contributed by atoms with Crippen molar-refractivity contribution in [2.75, 3.05) is 19.6 Å². The van der Waals surface area contributed by atoms with Gasteiger partial charge in [0.25, 0.3) is 6.21 Å². The van der Waals surface area contributed by atoms with E-state index in [9.17, 15) is 14.5 Å². The largest absolute Gasteiger partial charge is 0.448 e. The average molecular weight is 410 g/mol. The van der Waals surface area contributed by atoms with Crippen LogP contribution in [0.1, 0.15) is 18.2 Å². The Hall–Kier alpha value is -3.04. The molecule has 3 aliphatic heterocycles. The predicted octanol–water partition coefficient (Wildman–Crippen LogP) is 2.09. The number of amidine groups is 1. The zero-order valence-corrected chi connectivity index (χ0v) is 16.5. The summed E-state index contributed by atoms with van der Waals surface area (Å²) in [6.07, 6.45) is 1.68. The number of halogens is 1. The third-order valence-electron chi connectivity index (χ3n) is 5.73. The van der Waals surface area contributed by atoms with Crippen LogP contribution in [0.3, 0.4) is 0 Å². The molecule has 3 aliphatic rings. The van der Waals surface area contributed by atoms with E-state index in [2.05, 4.69) is 16.0 Å². The third kappa shape index (κ3) is 3.50. The highest BCUT2D eigenvalue weighted by molar-refractivity contribution is 6.23. The smallest absolute Gasteiger partial charge is 0.358 e. The van der Waals surface area contributed by atoms with Crippen molar-refractivity contribution < 1.29 is 18.6 Å². The van der Waals surface area contributed by atoms with E-state index in [0.29, 0.717) is 13.1 Å². The molecule has 0 amide bonds. The van der Waals surface area contributed by atoms with Crippen LogP contribution in [0.5, 0.6) is 0 Å². The molecule has 0 spiro atoms. The minimum absolute atomic E-state index is 0.156. The van der Waals surface area contributed by atoms with Crippen molar-refractivity contribution in [1.82, 2.24) is 9.88 Å². The number of rotatable bonds is 3.